The lowest BCUT2D eigenvalue weighted by Gasteiger charge is -2.27. The molecular weight excluding hydrogens is 234 g/mol. The number of hydroxylamine groups is 2. The van der Waals surface area contributed by atoms with Crippen LogP contribution in [0.4, 0.5) is 0 Å². The zero-order chi connectivity index (χ0) is 14.0. The van der Waals surface area contributed by atoms with Crippen LogP contribution in [-0.2, 0) is 5.21 Å². The summed E-state index contributed by atoms with van der Waals surface area (Å²) < 4.78 is 0. The first-order chi connectivity index (χ1) is 9.03. The maximum atomic E-state index is 12.4. The predicted octanol–water partition coefficient (Wildman–Crippen LogP) is 4.88. The Bertz CT molecular complexity index is 327. The normalized spacial score (nSPS) is 27.3. The standard InChI is InChI=1S/C17H30NO/c1-5-7-9-13-14(10-8-6-2)16(13)15-11-12-17(3,4)18(15)19/h15-16H,5-12H2,1-4H3. The summed E-state index contributed by atoms with van der Waals surface area (Å²) in [6.07, 6.45) is 9.72. The molecule has 2 aliphatic rings. The van der Waals surface area contributed by atoms with Crippen LogP contribution in [0.1, 0.15) is 79.1 Å². The molecule has 0 aromatic rings. The Hall–Kier alpha value is -0.340. The van der Waals surface area contributed by atoms with Gasteiger partial charge in [-0.15, -0.1) is 10.3 Å². The molecular formula is C17H30NO. The van der Waals surface area contributed by atoms with Crippen LogP contribution in [-0.4, -0.2) is 16.6 Å². The molecule has 0 aromatic carbocycles. The van der Waals surface area contributed by atoms with E-state index >= 15 is 0 Å². The van der Waals surface area contributed by atoms with Crippen LogP contribution >= 0.6 is 0 Å². The van der Waals surface area contributed by atoms with Gasteiger partial charge in [0, 0.05) is 17.5 Å². The average Bonchev–Trinajstić information content (AvgIpc) is 2.99. The molecule has 0 amide bonds. The zero-order valence-electron chi connectivity index (χ0n) is 13.2. The average molecular weight is 264 g/mol. The van der Waals surface area contributed by atoms with E-state index in [1.54, 1.807) is 11.1 Å². The maximum absolute atomic E-state index is 12.4. The lowest BCUT2D eigenvalue weighted by molar-refractivity contribution is -0.222. The van der Waals surface area contributed by atoms with Gasteiger partial charge in [0.15, 0.2) is 0 Å². The predicted molar refractivity (Wildman–Crippen MR) is 79.2 cm³/mol. The Balaban J connectivity index is 1.97. The topological polar surface area (TPSA) is 23.1 Å². The summed E-state index contributed by atoms with van der Waals surface area (Å²) in [7, 11) is 0. The third-order valence-corrected chi connectivity index (χ3v) is 5.01. The van der Waals surface area contributed by atoms with Crippen molar-refractivity contribution in [2.75, 3.05) is 0 Å². The number of hydrogen-bond donors (Lipinski definition) is 0. The molecule has 0 spiro atoms. The number of rotatable bonds is 7. The molecule has 2 heteroatoms. The molecule has 0 bridgehead atoms. The van der Waals surface area contributed by atoms with Gasteiger partial charge in [-0.25, -0.2) is 0 Å². The summed E-state index contributed by atoms with van der Waals surface area (Å²) in [6.45, 7) is 8.70. The molecule has 19 heavy (non-hydrogen) atoms. The van der Waals surface area contributed by atoms with E-state index in [0.717, 1.165) is 12.8 Å². The fourth-order valence-electron chi connectivity index (χ4n) is 3.65. The summed E-state index contributed by atoms with van der Waals surface area (Å²) in [5, 5.41) is 13.9. The van der Waals surface area contributed by atoms with Crippen LogP contribution < -0.4 is 0 Å². The van der Waals surface area contributed by atoms with Crippen molar-refractivity contribution in [2.45, 2.75) is 90.6 Å². The molecule has 1 aliphatic heterocycles. The van der Waals surface area contributed by atoms with Gasteiger partial charge in [0.25, 0.3) is 0 Å². The Morgan fingerprint density at radius 3 is 2.00 bits per heavy atom. The molecule has 1 radical (unpaired) electrons. The van der Waals surface area contributed by atoms with Crippen LogP contribution in [0, 0.1) is 5.92 Å². The van der Waals surface area contributed by atoms with Gasteiger partial charge in [-0.2, -0.15) is 0 Å². The largest absolute Gasteiger partial charge is 0.145 e. The van der Waals surface area contributed by atoms with Gasteiger partial charge in [-0.3, -0.25) is 0 Å². The molecule has 2 rings (SSSR count). The fraction of sp³-hybridized carbons (Fsp3) is 0.882. The molecule has 1 unspecified atom stereocenters. The van der Waals surface area contributed by atoms with Crippen molar-refractivity contribution < 1.29 is 5.21 Å². The molecule has 1 heterocycles. The number of nitrogens with zero attached hydrogens (tertiary/aromatic N) is 1. The van der Waals surface area contributed by atoms with Crippen molar-refractivity contribution in [3.8, 4) is 0 Å². The second-order valence-corrected chi connectivity index (χ2v) is 6.98. The molecule has 0 N–H and O–H groups in total. The number of unbranched alkanes of at least 4 members (excludes halogenated alkanes) is 2. The molecule has 2 nitrogen and oxygen atoms in total. The van der Waals surface area contributed by atoms with Gasteiger partial charge < -0.3 is 0 Å². The van der Waals surface area contributed by atoms with E-state index in [0.29, 0.717) is 5.92 Å². The summed E-state index contributed by atoms with van der Waals surface area (Å²) in [5.41, 5.74) is 3.16. The lowest BCUT2D eigenvalue weighted by Crippen LogP contribution is -2.40. The highest BCUT2D eigenvalue weighted by atomic mass is 16.5. The van der Waals surface area contributed by atoms with Gasteiger partial charge in [-0.1, -0.05) is 37.8 Å². The van der Waals surface area contributed by atoms with Crippen LogP contribution in [0.15, 0.2) is 11.1 Å². The second kappa shape index (κ2) is 5.97. The van der Waals surface area contributed by atoms with Crippen molar-refractivity contribution in [3.05, 3.63) is 11.1 Å². The Morgan fingerprint density at radius 1 is 1.11 bits per heavy atom. The van der Waals surface area contributed by atoms with E-state index < -0.39 is 0 Å². The first-order valence-electron chi connectivity index (χ1n) is 8.21. The minimum atomic E-state index is -0.140. The second-order valence-electron chi connectivity index (χ2n) is 6.98. The Morgan fingerprint density at radius 2 is 1.63 bits per heavy atom. The summed E-state index contributed by atoms with van der Waals surface area (Å²) in [6, 6.07) is 0.258. The summed E-state index contributed by atoms with van der Waals surface area (Å²) in [4.78, 5) is 0. The molecule has 109 valence electrons. The van der Waals surface area contributed by atoms with Crippen molar-refractivity contribution in [1.29, 1.82) is 0 Å². The maximum Gasteiger partial charge on any atom is 0.0493 e. The molecule has 0 saturated carbocycles. The van der Waals surface area contributed by atoms with Crippen LogP contribution in [0.5, 0.6) is 0 Å². The van der Waals surface area contributed by atoms with E-state index in [9.17, 15) is 5.21 Å². The highest BCUT2D eigenvalue weighted by Crippen LogP contribution is 2.53. The summed E-state index contributed by atoms with van der Waals surface area (Å²) >= 11 is 0. The van der Waals surface area contributed by atoms with Crippen molar-refractivity contribution in [1.82, 2.24) is 5.06 Å². The minimum absolute atomic E-state index is 0.140. The van der Waals surface area contributed by atoms with E-state index in [-0.39, 0.29) is 11.6 Å². The number of hydrogen-bond acceptors (Lipinski definition) is 1. The molecule has 1 saturated heterocycles. The van der Waals surface area contributed by atoms with Crippen LogP contribution in [0.2, 0.25) is 0 Å². The zero-order valence-corrected chi connectivity index (χ0v) is 13.2. The third kappa shape index (κ3) is 3.05. The minimum Gasteiger partial charge on any atom is -0.145 e. The highest BCUT2D eigenvalue weighted by Gasteiger charge is 2.50. The Labute approximate surface area is 118 Å². The third-order valence-electron chi connectivity index (χ3n) is 5.01. The highest BCUT2D eigenvalue weighted by molar-refractivity contribution is 5.43. The summed E-state index contributed by atoms with van der Waals surface area (Å²) in [5.74, 6) is 0.553. The fourth-order valence-corrected chi connectivity index (χ4v) is 3.65. The van der Waals surface area contributed by atoms with E-state index in [1.807, 2.05) is 0 Å². The van der Waals surface area contributed by atoms with Gasteiger partial charge >= 0.3 is 0 Å². The van der Waals surface area contributed by atoms with Crippen molar-refractivity contribution in [2.24, 2.45) is 5.92 Å². The smallest absolute Gasteiger partial charge is 0.0493 e. The lowest BCUT2D eigenvalue weighted by atomic mass is 10.0. The van der Waals surface area contributed by atoms with E-state index in [1.165, 1.54) is 43.6 Å². The van der Waals surface area contributed by atoms with Gasteiger partial charge in [0.1, 0.15) is 0 Å². The molecule has 1 fully saturated rings. The van der Waals surface area contributed by atoms with Gasteiger partial charge in [-0.05, 0) is 52.4 Å². The van der Waals surface area contributed by atoms with Crippen LogP contribution in [0.3, 0.4) is 0 Å². The molecule has 1 aliphatic carbocycles. The SMILES string of the molecule is CCCCC1=C(CCCC)C1C1CCC(C)(C)N1[O]. The first-order valence-corrected chi connectivity index (χ1v) is 8.21. The monoisotopic (exact) mass is 264 g/mol. The first kappa shape index (κ1) is 15.1. The molecule has 1 atom stereocenters. The van der Waals surface area contributed by atoms with Gasteiger partial charge in [0.2, 0.25) is 0 Å². The van der Waals surface area contributed by atoms with E-state index in [4.69, 9.17) is 0 Å². The van der Waals surface area contributed by atoms with Crippen LogP contribution in [0.25, 0.3) is 0 Å². The van der Waals surface area contributed by atoms with E-state index in [2.05, 4.69) is 27.7 Å². The quantitative estimate of drug-likeness (QED) is 0.601. The van der Waals surface area contributed by atoms with Crippen molar-refractivity contribution in [3.63, 3.8) is 0 Å². The van der Waals surface area contributed by atoms with Gasteiger partial charge in [0.05, 0.1) is 0 Å². The Kier molecular flexibility index (Phi) is 4.73. The van der Waals surface area contributed by atoms with Crippen molar-refractivity contribution >= 4 is 0 Å². The molecule has 0 aromatic heterocycles.